The molecule has 1 aliphatic rings. The Morgan fingerprint density at radius 2 is 1.62 bits per heavy atom. The van der Waals surface area contributed by atoms with Crippen LogP contribution in [0.2, 0.25) is 0 Å². The van der Waals surface area contributed by atoms with Crippen LogP contribution in [-0.2, 0) is 30.4 Å². The zero-order chi connectivity index (χ0) is 20.9. The predicted octanol–water partition coefficient (Wildman–Crippen LogP) is 3.67. The third kappa shape index (κ3) is 5.90. The minimum absolute atomic E-state index is 0.0398. The molecule has 154 valence electrons. The number of nitrogens with one attached hydrogen (secondary N) is 2. The average Bonchev–Trinajstić information content (AvgIpc) is 2.95. The number of ketones is 1. The number of carbonyl (C=O) groups excluding carboxylic acids is 2. The molecule has 0 radical (unpaired) electrons. The van der Waals surface area contributed by atoms with E-state index in [1.165, 1.54) is 23.3 Å². The molecule has 4 nitrogen and oxygen atoms in total. The largest absolute Gasteiger partial charge is 0.416 e. The van der Waals surface area contributed by atoms with Crippen LogP contribution in [0, 0.1) is 0 Å². The van der Waals surface area contributed by atoms with Crippen LogP contribution in [0.25, 0.3) is 0 Å². The highest BCUT2D eigenvalue weighted by Gasteiger charge is 2.29. The van der Waals surface area contributed by atoms with E-state index in [4.69, 9.17) is 0 Å². The predicted molar refractivity (Wildman–Crippen MR) is 104 cm³/mol. The Bertz CT molecular complexity index is 877. The molecule has 2 aromatic carbocycles. The zero-order valence-electron chi connectivity index (χ0n) is 15.9. The molecule has 29 heavy (non-hydrogen) atoms. The molecule has 0 aromatic heterocycles. The fraction of sp³-hybridized carbons (Fsp3) is 0.364. The standard InChI is InChI=1S/C22H23F3N2O2/c23-22(24,25)19-5-1-15(2-6-19)14-27-21(29)8-7-20(28)18-4-3-16-9-11-26-12-10-17(16)13-18/h1-6,13,26H,7-12,14H2,(H,27,29). The number of Topliss-reactive ketones (excluding diaryl/α,β-unsaturated/α-hetero) is 1. The highest BCUT2D eigenvalue weighted by molar-refractivity contribution is 5.98. The molecule has 7 heteroatoms. The first-order valence-corrected chi connectivity index (χ1v) is 9.61. The second-order valence-electron chi connectivity index (χ2n) is 7.13. The van der Waals surface area contributed by atoms with Crippen LogP contribution >= 0.6 is 0 Å². The summed E-state index contributed by atoms with van der Waals surface area (Å²) in [7, 11) is 0. The summed E-state index contributed by atoms with van der Waals surface area (Å²) < 4.78 is 37.7. The van der Waals surface area contributed by atoms with Crippen LogP contribution in [-0.4, -0.2) is 24.8 Å². The number of amides is 1. The van der Waals surface area contributed by atoms with Crippen LogP contribution < -0.4 is 10.6 Å². The summed E-state index contributed by atoms with van der Waals surface area (Å²) in [6.45, 7) is 1.94. The molecular formula is C22H23F3N2O2. The lowest BCUT2D eigenvalue weighted by Gasteiger charge is -2.09. The minimum atomic E-state index is -4.38. The Morgan fingerprint density at radius 1 is 0.931 bits per heavy atom. The Kier molecular flexibility index (Phi) is 6.69. The smallest absolute Gasteiger partial charge is 0.352 e. The van der Waals surface area contributed by atoms with Gasteiger partial charge in [0.2, 0.25) is 5.91 Å². The Hall–Kier alpha value is -2.67. The fourth-order valence-electron chi connectivity index (χ4n) is 3.32. The van der Waals surface area contributed by atoms with Crippen molar-refractivity contribution in [2.75, 3.05) is 13.1 Å². The van der Waals surface area contributed by atoms with Gasteiger partial charge in [-0.1, -0.05) is 24.3 Å². The summed E-state index contributed by atoms with van der Waals surface area (Å²) >= 11 is 0. The maximum Gasteiger partial charge on any atom is 0.416 e. The summed E-state index contributed by atoms with van der Waals surface area (Å²) in [5, 5.41) is 5.97. The van der Waals surface area contributed by atoms with Crippen molar-refractivity contribution < 1.29 is 22.8 Å². The lowest BCUT2D eigenvalue weighted by Crippen LogP contribution is -2.23. The van der Waals surface area contributed by atoms with E-state index in [1.54, 1.807) is 0 Å². The highest BCUT2D eigenvalue weighted by atomic mass is 19.4. The van der Waals surface area contributed by atoms with Crippen LogP contribution in [0.1, 0.15) is 45.5 Å². The van der Waals surface area contributed by atoms with Crippen molar-refractivity contribution in [2.45, 2.75) is 38.4 Å². The number of carbonyl (C=O) groups is 2. The van der Waals surface area contributed by atoms with E-state index in [2.05, 4.69) is 10.6 Å². The van der Waals surface area contributed by atoms with Gasteiger partial charge in [-0.25, -0.2) is 0 Å². The molecule has 0 fully saturated rings. The van der Waals surface area contributed by atoms with Crippen LogP contribution in [0.4, 0.5) is 13.2 Å². The van der Waals surface area contributed by atoms with Crippen LogP contribution in [0.3, 0.4) is 0 Å². The number of benzene rings is 2. The lowest BCUT2D eigenvalue weighted by atomic mass is 9.97. The van der Waals surface area contributed by atoms with Gasteiger partial charge in [0.1, 0.15) is 0 Å². The first-order chi connectivity index (χ1) is 13.8. The molecule has 0 saturated carbocycles. The maximum atomic E-state index is 12.6. The van der Waals surface area contributed by atoms with Gasteiger partial charge in [-0.2, -0.15) is 13.2 Å². The van der Waals surface area contributed by atoms with Crippen molar-refractivity contribution in [3.63, 3.8) is 0 Å². The van der Waals surface area contributed by atoms with Gasteiger partial charge in [-0.05, 0) is 60.8 Å². The second kappa shape index (κ2) is 9.22. The van der Waals surface area contributed by atoms with E-state index in [-0.39, 0.29) is 31.1 Å². The van der Waals surface area contributed by atoms with Gasteiger partial charge >= 0.3 is 6.18 Å². The molecule has 0 atom stereocenters. The molecule has 2 N–H and O–H groups in total. The number of hydrogen-bond acceptors (Lipinski definition) is 3. The lowest BCUT2D eigenvalue weighted by molar-refractivity contribution is -0.137. The van der Waals surface area contributed by atoms with Gasteiger partial charge in [0.15, 0.2) is 5.78 Å². The Balaban J connectivity index is 1.48. The molecule has 0 saturated heterocycles. The van der Waals surface area contributed by atoms with Gasteiger partial charge in [0, 0.05) is 24.9 Å². The van der Waals surface area contributed by atoms with Crippen LogP contribution in [0.15, 0.2) is 42.5 Å². The number of fused-ring (bicyclic) bond motifs is 1. The average molecular weight is 404 g/mol. The molecular weight excluding hydrogens is 381 g/mol. The molecule has 1 heterocycles. The van der Waals surface area contributed by atoms with E-state index in [1.807, 2.05) is 18.2 Å². The third-order valence-electron chi connectivity index (χ3n) is 5.02. The first kappa shape index (κ1) is 21.0. The normalized spacial score (nSPS) is 14.0. The van der Waals surface area contributed by atoms with E-state index >= 15 is 0 Å². The summed E-state index contributed by atoms with van der Waals surface area (Å²) in [6, 6.07) is 10.4. The van der Waals surface area contributed by atoms with Crippen LogP contribution in [0.5, 0.6) is 0 Å². The van der Waals surface area contributed by atoms with Crippen molar-refractivity contribution in [1.82, 2.24) is 10.6 Å². The topological polar surface area (TPSA) is 58.2 Å². The van der Waals surface area contributed by atoms with Crippen molar-refractivity contribution in [1.29, 1.82) is 0 Å². The third-order valence-corrected chi connectivity index (χ3v) is 5.02. The number of alkyl halides is 3. The molecule has 1 aliphatic heterocycles. The number of hydrogen-bond donors (Lipinski definition) is 2. The molecule has 3 rings (SSSR count). The summed E-state index contributed by atoms with van der Waals surface area (Å²) in [6.07, 6.45) is -2.43. The van der Waals surface area contributed by atoms with E-state index < -0.39 is 11.7 Å². The highest BCUT2D eigenvalue weighted by Crippen LogP contribution is 2.29. The van der Waals surface area contributed by atoms with E-state index in [0.29, 0.717) is 11.1 Å². The van der Waals surface area contributed by atoms with Crippen molar-refractivity contribution >= 4 is 11.7 Å². The Labute approximate surface area is 167 Å². The molecule has 0 bridgehead atoms. The fourth-order valence-corrected chi connectivity index (χ4v) is 3.32. The molecule has 0 unspecified atom stereocenters. The monoisotopic (exact) mass is 404 g/mol. The molecule has 2 aromatic rings. The molecule has 1 amide bonds. The van der Waals surface area contributed by atoms with Gasteiger partial charge in [-0.15, -0.1) is 0 Å². The van der Waals surface area contributed by atoms with Gasteiger partial charge in [-0.3, -0.25) is 9.59 Å². The van der Waals surface area contributed by atoms with Crippen molar-refractivity contribution in [3.05, 3.63) is 70.3 Å². The van der Waals surface area contributed by atoms with Crippen molar-refractivity contribution in [3.8, 4) is 0 Å². The van der Waals surface area contributed by atoms with Gasteiger partial charge < -0.3 is 10.6 Å². The molecule has 0 spiro atoms. The SMILES string of the molecule is O=C(CCC(=O)c1ccc2c(c1)CCNCC2)NCc1ccc(C(F)(F)F)cc1. The summed E-state index contributed by atoms with van der Waals surface area (Å²) in [4.78, 5) is 24.4. The summed E-state index contributed by atoms with van der Waals surface area (Å²) in [5.41, 5.74) is 2.88. The van der Waals surface area contributed by atoms with E-state index in [9.17, 15) is 22.8 Å². The zero-order valence-corrected chi connectivity index (χ0v) is 15.9. The summed E-state index contributed by atoms with van der Waals surface area (Å²) in [5.74, 6) is -0.396. The van der Waals surface area contributed by atoms with Gasteiger partial charge in [0.05, 0.1) is 5.56 Å². The second-order valence-corrected chi connectivity index (χ2v) is 7.13. The Morgan fingerprint density at radius 3 is 2.31 bits per heavy atom. The number of halogens is 3. The quantitative estimate of drug-likeness (QED) is 0.723. The number of rotatable bonds is 6. The first-order valence-electron chi connectivity index (χ1n) is 9.61. The van der Waals surface area contributed by atoms with Crippen molar-refractivity contribution in [2.24, 2.45) is 0 Å². The van der Waals surface area contributed by atoms with E-state index in [0.717, 1.165) is 38.1 Å². The molecule has 0 aliphatic carbocycles. The van der Waals surface area contributed by atoms with Gasteiger partial charge in [0.25, 0.3) is 0 Å². The maximum absolute atomic E-state index is 12.6. The minimum Gasteiger partial charge on any atom is -0.352 e.